The molecule has 0 aromatic carbocycles. The van der Waals surface area contributed by atoms with Gasteiger partial charge < -0.3 is 0 Å². The van der Waals surface area contributed by atoms with Crippen molar-refractivity contribution in [3.8, 4) is 0 Å². The summed E-state index contributed by atoms with van der Waals surface area (Å²) < 4.78 is 39.3. The lowest BCUT2D eigenvalue weighted by Crippen LogP contribution is -2.44. The molecule has 1 aromatic heterocycles. The molecule has 0 unspecified atom stereocenters. The number of rotatable bonds is 3. The third-order valence-corrected chi connectivity index (χ3v) is 5.23. The van der Waals surface area contributed by atoms with Crippen molar-refractivity contribution in [2.75, 3.05) is 0 Å². The third-order valence-electron chi connectivity index (χ3n) is 3.95. The zero-order valence-electron chi connectivity index (χ0n) is 12.3. The first-order valence-corrected chi connectivity index (χ1v) is 8.27. The number of pyridine rings is 1. The maximum atomic E-state index is 13.5. The van der Waals surface area contributed by atoms with Crippen molar-refractivity contribution in [3.05, 3.63) is 24.1 Å². The average Bonchev–Trinajstić information content (AvgIpc) is 2.23. The molecule has 2 rings (SSSR count). The average molecular weight is 314 g/mol. The molecule has 0 aliphatic heterocycles. The van der Waals surface area contributed by atoms with E-state index in [0.29, 0.717) is 18.8 Å². The van der Waals surface area contributed by atoms with Gasteiger partial charge in [-0.3, -0.25) is 4.79 Å². The Morgan fingerprint density at radius 1 is 1.38 bits per heavy atom. The molecule has 0 atom stereocenters. The Morgan fingerprint density at radius 2 is 2.00 bits per heavy atom. The Balaban J connectivity index is 2.03. The van der Waals surface area contributed by atoms with Crippen molar-refractivity contribution < 1.29 is 17.6 Å². The second-order valence-corrected chi connectivity index (χ2v) is 8.09. The number of sulfonamides is 1. The zero-order valence-corrected chi connectivity index (χ0v) is 13.1. The fraction of sp³-hybridized carbons (Fsp3) is 0.571. The Morgan fingerprint density at radius 3 is 2.52 bits per heavy atom. The van der Waals surface area contributed by atoms with Crippen molar-refractivity contribution in [3.63, 3.8) is 0 Å². The monoisotopic (exact) mass is 314 g/mol. The number of nitrogens with one attached hydrogen (secondary N) is 1. The summed E-state index contributed by atoms with van der Waals surface area (Å²) in [6.07, 6.45) is 2.46. The van der Waals surface area contributed by atoms with Gasteiger partial charge >= 0.3 is 0 Å². The summed E-state index contributed by atoms with van der Waals surface area (Å²) in [6, 6.07) is 2.28. The van der Waals surface area contributed by atoms with Gasteiger partial charge in [-0.15, -0.1) is 0 Å². The minimum atomic E-state index is -4.25. The van der Waals surface area contributed by atoms with E-state index >= 15 is 0 Å². The fourth-order valence-corrected chi connectivity index (χ4v) is 3.42. The fourth-order valence-electron chi connectivity index (χ4n) is 2.37. The molecule has 1 amide bonds. The summed E-state index contributed by atoms with van der Waals surface area (Å²) in [5.74, 6) is -1.50. The van der Waals surface area contributed by atoms with Crippen LogP contribution < -0.4 is 4.72 Å². The molecule has 1 N–H and O–H groups in total. The van der Waals surface area contributed by atoms with Gasteiger partial charge in [0.15, 0.2) is 5.82 Å². The topological polar surface area (TPSA) is 76.1 Å². The highest BCUT2D eigenvalue weighted by Crippen LogP contribution is 2.45. The predicted octanol–water partition coefficient (Wildman–Crippen LogP) is 2.10. The quantitative estimate of drug-likeness (QED) is 0.927. The van der Waals surface area contributed by atoms with Crippen molar-refractivity contribution in [1.29, 1.82) is 0 Å². The first-order chi connectivity index (χ1) is 9.61. The molecule has 5 nitrogen and oxygen atoms in total. The van der Waals surface area contributed by atoms with Crippen LogP contribution in [0.15, 0.2) is 23.4 Å². The zero-order chi connectivity index (χ0) is 15.8. The van der Waals surface area contributed by atoms with Crippen molar-refractivity contribution >= 4 is 15.9 Å². The smallest absolute Gasteiger partial charge is 0.274 e. The molecular weight excluding hydrogens is 295 g/mol. The normalized spacial score (nSPS) is 22.5. The van der Waals surface area contributed by atoms with E-state index in [0.717, 1.165) is 6.07 Å². The van der Waals surface area contributed by atoms with E-state index in [2.05, 4.69) is 25.8 Å². The van der Waals surface area contributed by atoms with Gasteiger partial charge in [0.25, 0.3) is 10.0 Å². The highest BCUT2D eigenvalue weighted by Gasteiger charge is 2.41. The van der Waals surface area contributed by atoms with Gasteiger partial charge in [0.1, 0.15) is 0 Å². The number of hydrogen-bond donors (Lipinski definition) is 1. The number of amides is 1. The van der Waals surface area contributed by atoms with E-state index in [9.17, 15) is 17.6 Å². The van der Waals surface area contributed by atoms with E-state index < -0.39 is 26.8 Å². The predicted molar refractivity (Wildman–Crippen MR) is 75.2 cm³/mol. The largest absolute Gasteiger partial charge is 0.284 e. The molecule has 0 spiro atoms. The van der Waals surface area contributed by atoms with Crippen LogP contribution in [0, 0.1) is 23.1 Å². The van der Waals surface area contributed by atoms with Gasteiger partial charge in [-0.25, -0.2) is 14.1 Å². The number of carbonyl (C=O) groups is 1. The van der Waals surface area contributed by atoms with E-state index in [1.807, 2.05) is 4.72 Å². The van der Waals surface area contributed by atoms with Gasteiger partial charge in [-0.1, -0.05) is 20.8 Å². The lowest BCUT2D eigenvalue weighted by molar-refractivity contribution is -0.128. The van der Waals surface area contributed by atoms with Crippen molar-refractivity contribution in [2.24, 2.45) is 17.3 Å². The van der Waals surface area contributed by atoms with Crippen LogP contribution in [0.2, 0.25) is 0 Å². The van der Waals surface area contributed by atoms with E-state index in [4.69, 9.17) is 0 Å². The Kier molecular flexibility index (Phi) is 4.06. The Labute approximate surface area is 124 Å². The molecule has 1 heterocycles. The third kappa shape index (κ3) is 3.40. The van der Waals surface area contributed by atoms with E-state index in [-0.39, 0.29) is 11.3 Å². The summed E-state index contributed by atoms with van der Waals surface area (Å²) in [6.45, 7) is 6.27. The molecule has 1 aliphatic rings. The van der Waals surface area contributed by atoms with Gasteiger partial charge in [0.2, 0.25) is 10.9 Å². The molecule has 116 valence electrons. The molecule has 0 saturated heterocycles. The standard InChI is InChI=1S/C14H19FN2O3S/c1-14(2,3)10-7-9(8-10)12(18)17-21(19,20)13-11(15)5-4-6-16-13/h4-6,9-10H,7-8H2,1-3H3,(H,17,18). The van der Waals surface area contributed by atoms with Crippen LogP contribution in [-0.4, -0.2) is 19.3 Å². The molecule has 21 heavy (non-hydrogen) atoms. The maximum Gasteiger partial charge on any atom is 0.284 e. The number of carbonyl (C=O) groups excluding carboxylic acids is 1. The number of nitrogens with zero attached hydrogens (tertiary/aromatic N) is 1. The molecule has 0 radical (unpaired) electrons. The van der Waals surface area contributed by atoms with Crippen LogP contribution in [-0.2, 0) is 14.8 Å². The second-order valence-electron chi connectivity index (χ2n) is 6.49. The molecule has 1 aromatic rings. The molecular formula is C14H19FN2O3S. The van der Waals surface area contributed by atoms with Gasteiger partial charge in [-0.05, 0) is 36.3 Å². The summed E-state index contributed by atoms with van der Waals surface area (Å²) in [4.78, 5) is 15.4. The number of halogens is 1. The molecule has 7 heteroatoms. The minimum absolute atomic E-state index is 0.0999. The van der Waals surface area contributed by atoms with Crippen molar-refractivity contribution in [2.45, 2.75) is 38.6 Å². The van der Waals surface area contributed by atoms with Crippen LogP contribution >= 0.6 is 0 Å². The van der Waals surface area contributed by atoms with Crippen LogP contribution in [0.1, 0.15) is 33.6 Å². The Bertz CT molecular complexity index is 646. The van der Waals surface area contributed by atoms with Gasteiger partial charge in [0, 0.05) is 12.1 Å². The second kappa shape index (κ2) is 5.36. The molecule has 1 saturated carbocycles. The molecule has 1 fully saturated rings. The summed E-state index contributed by atoms with van der Waals surface area (Å²) in [5, 5.41) is -0.745. The van der Waals surface area contributed by atoms with E-state index in [1.54, 1.807) is 0 Å². The van der Waals surface area contributed by atoms with Crippen LogP contribution in [0.3, 0.4) is 0 Å². The minimum Gasteiger partial charge on any atom is -0.274 e. The van der Waals surface area contributed by atoms with Crippen molar-refractivity contribution in [1.82, 2.24) is 9.71 Å². The number of hydrogen-bond acceptors (Lipinski definition) is 4. The maximum absolute atomic E-state index is 13.5. The lowest BCUT2D eigenvalue weighted by atomic mass is 9.63. The first-order valence-electron chi connectivity index (χ1n) is 6.78. The van der Waals surface area contributed by atoms with Crippen LogP contribution in [0.5, 0.6) is 0 Å². The molecule has 1 aliphatic carbocycles. The van der Waals surface area contributed by atoms with E-state index in [1.165, 1.54) is 12.3 Å². The van der Waals surface area contributed by atoms with Crippen LogP contribution in [0.25, 0.3) is 0 Å². The highest BCUT2D eigenvalue weighted by atomic mass is 32.2. The summed E-state index contributed by atoms with van der Waals surface area (Å²) in [7, 11) is -4.25. The van der Waals surface area contributed by atoms with Gasteiger partial charge in [0.05, 0.1) is 0 Å². The molecule has 0 bridgehead atoms. The van der Waals surface area contributed by atoms with Crippen LogP contribution in [0.4, 0.5) is 4.39 Å². The van der Waals surface area contributed by atoms with Gasteiger partial charge in [-0.2, -0.15) is 8.42 Å². The first kappa shape index (κ1) is 15.9. The highest BCUT2D eigenvalue weighted by molar-refractivity contribution is 7.90. The summed E-state index contributed by atoms with van der Waals surface area (Å²) >= 11 is 0. The Hall–Kier alpha value is -1.50. The SMILES string of the molecule is CC(C)(C)C1CC(C(=O)NS(=O)(=O)c2ncccc2F)C1. The lowest BCUT2D eigenvalue weighted by Gasteiger charge is -2.42. The summed E-state index contributed by atoms with van der Waals surface area (Å²) in [5.41, 5.74) is 0.0999. The number of aromatic nitrogens is 1.